The Morgan fingerprint density at radius 3 is 1.70 bits per heavy atom. The van der Waals surface area contributed by atoms with Crippen molar-refractivity contribution in [2.75, 3.05) is 0 Å². The Hall–Kier alpha value is -2.56. The van der Waals surface area contributed by atoms with Gasteiger partial charge in [-0.3, -0.25) is 0 Å². The molecule has 2 aromatic carbocycles. The van der Waals surface area contributed by atoms with Gasteiger partial charge < -0.3 is 22.0 Å². The molecule has 0 N–H and O–H groups in total. The molecule has 0 spiro atoms. The fourth-order valence-corrected chi connectivity index (χ4v) is 1.21. The molecule has 104 valence electrons. The van der Waals surface area contributed by atoms with E-state index in [1.165, 1.54) is 0 Å². The maximum atomic E-state index is 9.75. The molecule has 0 fully saturated rings. The lowest BCUT2D eigenvalue weighted by Gasteiger charge is -2.03. The zero-order chi connectivity index (χ0) is 15.0. The van der Waals surface area contributed by atoms with E-state index in [1.54, 1.807) is 24.3 Å². The molecule has 0 aliphatic carbocycles. The van der Waals surface area contributed by atoms with Crippen LogP contribution in [0.4, 0.5) is 23.0 Å². The number of para-hydroxylation sites is 1. The second-order valence-corrected chi connectivity index (χ2v) is 3.50. The lowest BCUT2D eigenvalue weighted by Crippen LogP contribution is -2.02. The second kappa shape index (κ2) is 7.14. The van der Waals surface area contributed by atoms with Gasteiger partial charge in [0.2, 0.25) is 5.39 Å². The van der Waals surface area contributed by atoms with E-state index in [1.807, 2.05) is 30.3 Å². The molecule has 0 saturated heterocycles. The van der Waals surface area contributed by atoms with Crippen LogP contribution < -0.4 is 4.74 Å². The summed E-state index contributed by atoms with van der Waals surface area (Å²) in [5, 5.41) is 8.50. The van der Waals surface area contributed by atoms with Crippen molar-refractivity contribution in [2.24, 2.45) is 0 Å². The summed E-state index contributed by atoms with van der Waals surface area (Å²) < 4.78 is 44.6. The van der Waals surface area contributed by atoms with Crippen LogP contribution in [0.1, 0.15) is 0 Å². The number of rotatable bonds is 2. The summed E-state index contributed by atoms with van der Waals surface area (Å²) in [4.78, 5) is 3.06. The van der Waals surface area contributed by atoms with Crippen molar-refractivity contribution >= 4 is 12.9 Å². The topological polar surface area (TPSA) is 37.4 Å². The molecule has 2 aromatic rings. The number of halogens is 4. The van der Waals surface area contributed by atoms with Crippen molar-refractivity contribution in [3.05, 3.63) is 59.6 Å². The van der Waals surface area contributed by atoms with Crippen LogP contribution in [0.2, 0.25) is 0 Å². The molecule has 0 amide bonds. The highest BCUT2D eigenvalue weighted by Crippen LogP contribution is 2.23. The number of benzene rings is 2. The zero-order valence-corrected chi connectivity index (χ0v) is 10.1. The Morgan fingerprint density at radius 2 is 1.25 bits per heavy atom. The third-order valence-corrected chi connectivity index (χ3v) is 1.93. The van der Waals surface area contributed by atoms with E-state index >= 15 is 0 Å². The smallest absolute Gasteiger partial charge is 0.457 e. The van der Waals surface area contributed by atoms with Crippen LogP contribution in [0.5, 0.6) is 11.5 Å². The van der Waals surface area contributed by atoms with Crippen molar-refractivity contribution in [1.82, 2.24) is 0 Å². The lowest BCUT2D eigenvalue weighted by molar-refractivity contribution is 0.368. The molecule has 0 radical (unpaired) electrons. The van der Waals surface area contributed by atoms with Gasteiger partial charge in [-0.1, -0.05) is 18.2 Å². The third-order valence-electron chi connectivity index (χ3n) is 1.93. The van der Waals surface area contributed by atoms with Gasteiger partial charge in [0.05, 0.1) is 0 Å². The number of diazo groups is 1. The van der Waals surface area contributed by atoms with E-state index < -0.39 is 7.25 Å². The van der Waals surface area contributed by atoms with Gasteiger partial charge in [0.15, 0.2) is 4.98 Å². The molecule has 3 nitrogen and oxygen atoms in total. The van der Waals surface area contributed by atoms with Crippen molar-refractivity contribution in [3.8, 4) is 11.5 Å². The number of hydrogen-bond donors (Lipinski definition) is 0. The van der Waals surface area contributed by atoms with Gasteiger partial charge >= 0.3 is 12.9 Å². The van der Waals surface area contributed by atoms with Gasteiger partial charge in [-0.15, -0.1) is 0 Å². The maximum absolute atomic E-state index is 9.75. The number of nitrogens with zero attached hydrogens (tertiary/aromatic N) is 2. The fourth-order valence-electron chi connectivity index (χ4n) is 1.21. The first-order valence-electron chi connectivity index (χ1n) is 5.44. The predicted molar refractivity (Wildman–Crippen MR) is 67.9 cm³/mol. The molecular formula is C12H9BF4N2O. The Balaban J connectivity index is 0.000000347. The highest BCUT2D eigenvalue weighted by Gasteiger charge is 2.20. The molecule has 0 aliphatic rings. The summed E-state index contributed by atoms with van der Waals surface area (Å²) in [6.45, 7) is 0. The highest BCUT2D eigenvalue weighted by molar-refractivity contribution is 6.50. The van der Waals surface area contributed by atoms with Gasteiger partial charge in [0.1, 0.15) is 11.5 Å². The molecule has 0 aromatic heterocycles. The van der Waals surface area contributed by atoms with Gasteiger partial charge in [0.25, 0.3) is 0 Å². The molecule has 0 saturated carbocycles. The Morgan fingerprint density at radius 1 is 0.800 bits per heavy atom. The van der Waals surface area contributed by atoms with E-state index in [9.17, 15) is 17.3 Å². The SMILES string of the molecule is F[B-](F)(F)F.N#[N+]c1ccc(Oc2ccccc2)cc1. The summed E-state index contributed by atoms with van der Waals surface area (Å²) in [5.41, 5.74) is 0.510. The van der Waals surface area contributed by atoms with E-state index in [2.05, 4.69) is 4.98 Å². The summed E-state index contributed by atoms with van der Waals surface area (Å²) >= 11 is 0. The fraction of sp³-hybridized carbons (Fsp3) is 0. The van der Waals surface area contributed by atoms with E-state index in [4.69, 9.17) is 10.1 Å². The van der Waals surface area contributed by atoms with Crippen LogP contribution in [0, 0.1) is 5.39 Å². The molecular weight excluding hydrogens is 275 g/mol. The van der Waals surface area contributed by atoms with Crippen LogP contribution in [0.25, 0.3) is 4.98 Å². The summed E-state index contributed by atoms with van der Waals surface area (Å²) in [6, 6.07) is 16.4. The quantitative estimate of drug-likeness (QED) is 0.428. The minimum absolute atomic E-state index is 0.510. The maximum Gasteiger partial charge on any atom is 0.673 e. The largest absolute Gasteiger partial charge is 0.673 e. The van der Waals surface area contributed by atoms with Crippen molar-refractivity contribution in [3.63, 3.8) is 0 Å². The molecule has 8 heteroatoms. The van der Waals surface area contributed by atoms with Crippen molar-refractivity contribution < 1.29 is 22.0 Å². The molecule has 0 bridgehead atoms. The first-order valence-corrected chi connectivity index (χ1v) is 5.44. The normalized spacial score (nSPS) is 9.95. The third kappa shape index (κ3) is 7.01. The number of hydrogen-bond acceptors (Lipinski definition) is 2. The Labute approximate surface area is 112 Å². The summed E-state index contributed by atoms with van der Waals surface area (Å²) in [6.07, 6.45) is 0. The molecule has 0 unspecified atom stereocenters. The second-order valence-electron chi connectivity index (χ2n) is 3.50. The van der Waals surface area contributed by atoms with Crippen LogP contribution in [0.15, 0.2) is 54.6 Å². The molecule has 0 aliphatic heterocycles. The minimum Gasteiger partial charge on any atom is -0.457 e. The predicted octanol–water partition coefficient (Wildman–Crippen LogP) is 5.26. The van der Waals surface area contributed by atoms with Gasteiger partial charge in [-0.05, 0) is 24.3 Å². The minimum atomic E-state index is -6.00. The molecule has 2 rings (SSSR count). The Kier molecular flexibility index (Phi) is 5.53. The highest BCUT2D eigenvalue weighted by atomic mass is 19.5. The standard InChI is InChI=1S/C12H9N2O.BF4/c13-14-10-6-8-12(9-7-10)15-11-4-2-1-3-5-11;2-1(3,4)5/h1-9H;/q+1;-1. The van der Waals surface area contributed by atoms with Crippen LogP contribution >= 0.6 is 0 Å². The van der Waals surface area contributed by atoms with Crippen LogP contribution in [0.3, 0.4) is 0 Å². The van der Waals surface area contributed by atoms with Gasteiger partial charge in [-0.25, -0.2) is 0 Å². The van der Waals surface area contributed by atoms with Gasteiger partial charge in [0, 0.05) is 12.1 Å². The molecule has 20 heavy (non-hydrogen) atoms. The first-order chi connectivity index (χ1) is 9.38. The monoisotopic (exact) mass is 284 g/mol. The average Bonchev–Trinajstić information content (AvgIpc) is 2.39. The van der Waals surface area contributed by atoms with E-state index in [0.717, 1.165) is 5.75 Å². The number of ether oxygens (including phenoxy) is 1. The molecule has 0 atom stereocenters. The van der Waals surface area contributed by atoms with Crippen molar-refractivity contribution in [1.29, 1.82) is 5.39 Å². The van der Waals surface area contributed by atoms with E-state index in [-0.39, 0.29) is 0 Å². The van der Waals surface area contributed by atoms with Crippen molar-refractivity contribution in [2.45, 2.75) is 0 Å². The first kappa shape index (κ1) is 15.5. The van der Waals surface area contributed by atoms with Gasteiger partial charge in [-0.2, -0.15) is 0 Å². The van der Waals surface area contributed by atoms with Crippen LogP contribution in [-0.2, 0) is 0 Å². The lowest BCUT2D eigenvalue weighted by atomic mass is 10.3. The van der Waals surface area contributed by atoms with Crippen LogP contribution in [-0.4, -0.2) is 7.25 Å². The zero-order valence-electron chi connectivity index (χ0n) is 10.1. The summed E-state index contributed by atoms with van der Waals surface area (Å²) in [5.74, 6) is 1.50. The average molecular weight is 284 g/mol. The Bertz CT molecular complexity index is 561. The summed E-state index contributed by atoms with van der Waals surface area (Å²) in [7, 11) is -6.00. The van der Waals surface area contributed by atoms with E-state index in [0.29, 0.717) is 11.4 Å². The molecule has 0 heterocycles.